The van der Waals surface area contributed by atoms with Crippen molar-refractivity contribution in [1.82, 2.24) is 0 Å². The minimum absolute atomic E-state index is 0.238. The zero-order valence-electron chi connectivity index (χ0n) is 8.06. The summed E-state index contributed by atoms with van der Waals surface area (Å²) in [6.07, 6.45) is -7.51. The van der Waals surface area contributed by atoms with E-state index >= 15 is 0 Å². The summed E-state index contributed by atoms with van der Waals surface area (Å²) >= 11 is 3.08. The van der Waals surface area contributed by atoms with E-state index in [4.69, 9.17) is 0 Å². The molecule has 1 N–H and O–H groups in total. The molecule has 1 atom stereocenters. The van der Waals surface area contributed by atoms with E-state index in [0.29, 0.717) is 10.0 Å². The third-order valence-corrected chi connectivity index (χ3v) is 2.70. The van der Waals surface area contributed by atoms with Gasteiger partial charge < -0.3 is 5.11 Å². The van der Waals surface area contributed by atoms with E-state index in [1.165, 1.54) is 12.1 Å². The summed E-state index contributed by atoms with van der Waals surface area (Å²) in [5.41, 5.74) is 0.316. The topological polar surface area (TPSA) is 20.2 Å². The summed E-state index contributed by atoms with van der Waals surface area (Å²) < 4.78 is 49.1. The number of alkyl halides is 3. The Balaban J connectivity index is 2.69. The second kappa shape index (κ2) is 5.14. The van der Waals surface area contributed by atoms with E-state index in [1.807, 2.05) is 0 Å². The fourth-order valence-electron chi connectivity index (χ4n) is 1.29. The van der Waals surface area contributed by atoms with Crippen molar-refractivity contribution in [3.8, 4) is 0 Å². The van der Waals surface area contributed by atoms with Gasteiger partial charge in [-0.15, -0.1) is 0 Å². The fourth-order valence-corrected chi connectivity index (χ4v) is 1.70. The van der Waals surface area contributed by atoms with Crippen LogP contribution in [0.4, 0.5) is 17.6 Å². The molecule has 0 saturated carbocycles. The van der Waals surface area contributed by atoms with Gasteiger partial charge in [-0.3, -0.25) is 0 Å². The fraction of sp³-hybridized carbons (Fsp3) is 0.400. The SMILES string of the molecule is OC(Cc1cc(F)ccc1Br)CC(F)(F)F. The molecule has 0 spiro atoms. The first kappa shape index (κ1) is 13.4. The molecule has 1 aromatic rings. The van der Waals surface area contributed by atoms with E-state index in [0.717, 1.165) is 6.07 Å². The first-order chi connectivity index (χ1) is 7.28. The lowest BCUT2D eigenvalue weighted by molar-refractivity contribution is -0.153. The van der Waals surface area contributed by atoms with Crippen LogP contribution in [0.3, 0.4) is 0 Å². The van der Waals surface area contributed by atoms with Crippen molar-refractivity contribution in [3.05, 3.63) is 34.1 Å². The summed E-state index contributed by atoms with van der Waals surface area (Å²) in [7, 11) is 0. The highest BCUT2D eigenvalue weighted by Crippen LogP contribution is 2.25. The largest absolute Gasteiger partial charge is 0.392 e. The molecule has 1 unspecified atom stereocenters. The van der Waals surface area contributed by atoms with Crippen LogP contribution in [0.15, 0.2) is 22.7 Å². The highest BCUT2D eigenvalue weighted by Gasteiger charge is 2.31. The number of hydrogen-bond donors (Lipinski definition) is 1. The van der Waals surface area contributed by atoms with Crippen LogP contribution >= 0.6 is 15.9 Å². The molecule has 1 rings (SSSR count). The first-order valence-corrected chi connectivity index (χ1v) is 5.26. The van der Waals surface area contributed by atoms with Crippen LogP contribution in [-0.2, 0) is 6.42 Å². The highest BCUT2D eigenvalue weighted by atomic mass is 79.9. The lowest BCUT2D eigenvalue weighted by Crippen LogP contribution is -2.21. The molecule has 0 radical (unpaired) electrons. The molecule has 6 heteroatoms. The lowest BCUT2D eigenvalue weighted by Gasteiger charge is -2.14. The Kier molecular flexibility index (Phi) is 4.32. The third-order valence-electron chi connectivity index (χ3n) is 1.93. The van der Waals surface area contributed by atoms with Crippen molar-refractivity contribution in [3.63, 3.8) is 0 Å². The van der Waals surface area contributed by atoms with Crippen molar-refractivity contribution < 1.29 is 22.7 Å². The van der Waals surface area contributed by atoms with Gasteiger partial charge in [-0.1, -0.05) is 15.9 Å². The minimum atomic E-state index is -4.42. The van der Waals surface area contributed by atoms with Gasteiger partial charge in [0.1, 0.15) is 5.82 Å². The molecule has 0 bridgehead atoms. The predicted molar refractivity (Wildman–Crippen MR) is 54.5 cm³/mol. The van der Waals surface area contributed by atoms with Gasteiger partial charge >= 0.3 is 6.18 Å². The number of hydrogen-bond acceptors (Lipinski definition) is 1. The van der Waals surface area contributed by atoms with Gasteiger partial charge in [0.2, 0.25) is 0 Å². The van der Waals surface area contributed by atoms with Crippen LogP contribution in [0.1, 0.15) is 12.0 Å². The van der Waals surface area contributed by atoms with E-state index < -0.39 is 24.5 Å². The summed E-state index contributed by atoms with van der Waals surface area (Å²) in [6, 6.07) is 3.68. The normalized spacial score (nSPS) is 13.9. The van der Waals surface area contributed by atoms with Crippen LogP contribution in [0.2, 0.25) is 0 Å². The molecule has 1 nitrogen and oxygen atoms in total. The Morgan fingerprint density at radius 1 is 1.31 bits per heavy atom. The van der Waals surface area contributed by atoms with Gasteiger partial charge in [0.25, 0.3) is 0 Å². The quantitative estimate of drug-likeness (QED) is 0.848. The minimum Gasteiger partial charge on any atom is -0.392 e. The zero-order chi connectivity index (χ0) is 12.3. The van der Waals surface area contributed by atoms with Crippen molar-refractivity contribution >= 4 is 15.9 Å². The molecular weight excluding hydrogens is 292 g/mol. The lowest BCUT2D eigenvalue weighted by atomic mass is 10.1. The second-order valence-corrected chi connectivity index (χ2v) is 4.27. The molecule has 90 valence electrons. The van der Waals surface area contributed by atoms with Crippen molar-refractivity contribution in [1.29, 1.82) is 0 Å². The Bertz CT molecular complexity index is 364. The van der Waals surface area contributed by atoms with Gasteiger partial charge in [0, 0.05) is 4.47 Å². The molecule has 0 aromatic heterocycles. The van der Waals surface area contributed by atoms with E-state index in [-0.39, 0.29) is 6.42 Å². The Labute approximate surface area is 98.2 Å². The zero-order valence-corrected chi connectivity index (χ0v) is 9.65. The summed E-state index contributed by atoms with van der Waals surface area (Å²) in [5, 5.41) is 9.19. The van der Waals surface area contributed by atoms with E-state index in [2.05, 4.69) is 15.9 Å². The molecule has 0 fully saturated rings. The van der Waals surface area contributed by atoms with Crippen molar-refractivity contribution in [2.75, 3.05) is 0 Å². The van der Waals surface area contributed by atoms with Gasteiger partial charge in [-0.05, 0) is 30.2 Å². The molecule has 0 amide bonds. The first-order valence-electron chi connectivity index (χ1n) is 4.46. The summed E-state index contributed by atoms with van der Waals surface area (Å²) in [6.45, 7) is 0. The van der Waals surface area contributed by atoms with E-state index in [9.17, 15) is 22.7 Å². The number of halogens is 5. The van der Waals surface area contributed by atoms with Gasteiger partial charge in [0.15, 0.2) is 0 Å². The van der Waals surface area contributed by atoms with Crippen LogP contribution in [-0.4, -0.2) is 17.4 Å². The molecule has 0 heterocycles. The van der Waals surface area contributed by atoms with Gasteiger partial charge in [-0.2, -0.15) is 13.2 Å². The maximum absolute atomic E-state index is 12.8. The number of rotatable bonds is 3. The van der Waals surface area contributed by atoms with Crippen LogP contribution in [0.25, 0.3) is 0 Å². The number of aliphatic hydroxyl groups is 1. The number of benzene rings is 1. The monoisotopic (exact) mass is 300 g/mol. The molecule has 1 aromatic carbocycles. The van der Waals surface area contributed by atoms with Gasteiger partial charge in [-0.25, -0.2) is 4.39 Å². The third kappa shape index (κ3) is 4.49. The summed E-state index contributed by atoms with van der Waals surface area (Å²) in [5.74, 6) is -0.544. The van der Waals surface area contributed by atoms with Crippen LogP contribution in [0.5, 0.6) is 0 Å². The average Bonchev–Trinajstić information content (AvgIpc) is 2.08. The maximum Gasteiger partial charge on any atom is 0.391 e. The predicted octanol–water partition coefficient (Wildman–Crippen LogP) is 3.44. The van der Waals surface area contributed by atoms with E-state index in [1.54, 1.807) is 0 Å². The summed E-state index contributed by atoms with van der Waals surface area (Å²) in [4.78, 5) is 0. The molecule has 0 aliphatic rings. The highest BCUT2D eigenvalue weighted by molar-refractivity contribution is 9.10. The average molecular weight is 301 g/mol. The molecule has 0 aliphatic carbocycles. The Morgan fingerprint density at radius 3 is 2.50 bits per heavy atom. The Hall–Kier alpha value is -0.620. The second-order valence-electron chi connectivity index (χ2n) is 3.41. The van der Waals surface area contributed by atoms with Gasteiger partial charge in [0.05, 0.1) is 12.5 Å². The number of aliphatic hydroxyl groups excluding tert-OH is 1. The standard InChI is InChI=1S/C10H9BrF4O/c11-9-2-1-7(12)3-6(9)4-8(16)5-10(13,14)15/h1-3,8,16H,4-5H2. The smallest absolute Gasteiger partial charge is 0.391 e. The molecule has 16 heavy (non-hydrogen) atoms. The van der Waals surface area contributed by atoms with Crippen LogP contribution < -0.4 is 0 Å². The Morgan fingerprint density at radius 2 is 1.94 bits per heavy atom. The molecule has 0 saturated heterocycles. The van der Waals surface area contributed by atoms with Crippen molar-refractivity contribution in [2.24, 2.45) is 0 Å². The maximum atomic E-state index is 12.8. The van der Waals surface area contributed by atoms with Crippen LogP contribution in [0, 0.1) is 5.82 Å². The van der Waals surface area contributed by atoms with Crippen molar-refractivity contribution in [2.45, 2.75) is 25.1 Å². The molecular formula is C10H9BrF4O. The molecule has 0 aliphatic heterocycles.